The molecule has 0 fully saturated rings. The summed E-state index contributed by atoms with van der Waals surface area (Å²) in [6.07, 6.45) is 1.65. The second-order valence-electron chi connectivity index (χ2n) is 5.81. The van der Waals surface area contributed by atoms with Gasteiger partial charge in [0.25, 0.3) is 10.1 Å². The Morgan fingerprint density at radius 3 is 2.26 bits per heavy atom. The van der Waals surface area contributed by atoms with Gasteiger partial charge in [0.2, 0.25) is 0 Å². The van der Waals surface area contributed by atoms with E-state index in [9.17, 15) is 8.42 Å². The quantitative estimate of drug-likeness (QED) is 0.367. The van der Waals surface area contributed by atoms with Crippen LogP contribution in [-0.2, 0) is 10.1 Å². The molecule has 0 aliphatic carbocycles. The Morgan fingerprint density at radius 2 is 1.70 bits per heavy atom. The maximum atomic E-state index is 11.0. The van der Waals surface area contributed by atoms with Crippen LogP contribution in [0.3, 0.4) is 0 Å². The molecule has 0 bridgehead atoms. The molecule has 8 heteroatoms. The van der Waals surface area contributed by atoms with Crippen molar-refractivity contribution in [3.8, 4) is 5.75 Å². The fraction of sp³-hybridized carbons (Fsp3) is 0.316. The number of hydrogen-bond acceptors (Lipinski definition) is 6. The molecule has 2 rings (SSSR count). The molecule has 0 spiro atoms. The van der Waals surface area contributed by atoms with Crippen LogP contribution in [0, 0.1) is 0 Å². The largest absolute Gasteiger partial charge is 0.492 e. The average Bonchev–Trinajstić information content (AvgIpc) is 2.66. The minimum atomic E-state index is -4.18. The summed E-state index contributed by atoms with van der Waals surface area (Å²) >= 11 is 0. The highest BCUT2D eigenvalue weighted by molar-refractivity contribution is 7.85. The number of hydrogen-bond donors (Lipinski definition) is 2. The van der Waals surface area contributed by atoms with Crippen molar-refractivity contribution >= 4 is 22.0 Å². The van der Waals surface area contributed by atoms with E-state index in [1.54, 1.807) is 6.21 Å². The maximum absolute atomic E-state index is 11.0. The Balaban J connectivity index is 1.83. The Hall–Kier alpha value is -2.42. The van der Waals surface area contributed by atoms with Gasteiger partial charge in [0.15, 0.2) is 0 Å². The fourth-order valence-electron chi connectivity index (χ4n) is 2.37. The zero-order valence-corrected chi connectivity index (χ0v) is 16.3. The van der Waals surface area contributed by atoms with Gasteiger partial charge in [0.05, 0.1) is 16.8 Å². The molecule has 2 aromatic carbocycles. The van der Waals surface area contributed by atoms with Crippen LogP contribution in [0.4, 0.5) is 5.69 Å². The molecular weight excluding hydrogens is 366 g/mol. The molecule has 2 aromatic rings. The zero-order valence-electron chi connectivity index (χ0n) is 15.5. The Bertz CT molecular complexity index is 830. The van der Waals surface area contributed by atoms with Crippen LogP contribution in [0.2, 0.25) is 0 Å². The van der Waals surface area contributed by atoms with E-state index < -0.39 is 10.1 Å². The van der Waals surface area contributed by atoms with Gasteiger partial charge >= 0.3 is 0 Å². The molecule has 0 aliphatic heterocycles. The summed E-state index contributed by atoms with van der Waals surface area (Å²) < 4.78 is 36.7. The van der Waals surface area contributed by atoms with Gasteiger partial charge in [-0.25, -0.2) is 0 Å². The summed E-state index contributed by atoms with van der Waals surface area (Å²) in [6, 6.07) is 13.2. The second-order valence-corrected chi connectivity index (χ2v) is 7.24. The smallest absolute Gasteiger partial charge is 0.294 e. The van der Waals surface area contributed by atoms with Crippen molar-refractivity contribution in [1.29, 1.82) is 0 Å². The van der Waals surface area contributed by atoms with Crippen LogP contribution < -0.4 is 10.2 Å². The van der Waals surface area contributed by atoms with E-state index in [0.717, 1.165) is 30.9 Å². The van der Waals surface area contributed by atoms with E-state index in [2.05, 4.69) is 29.3 Å². The predicted octanol–water partition coefficient (Wildman–Crippen LogP) is 3.10. The van der Waals surface area contributed by atoms with E-state index in [-0.39, 0.29) is 4.90 Å². The molecule has 0 heterocycles. The summed E-state index contributed by atoms with van der Waals surface area (Å²) in [5.41, 5.74) is 4.31. The van der Waals surface area contributed by atoms with E-state index in [4.69, 9.17) is 9.29 Å². The number of rotatable bonds is 10. The van der Waals surface area contributed by atoms with Crippen LogP contribution in [0.5, 0.6) is 5.75 Å². The van der Waals surface area contributed by atoms with Crippen molar-refractivity contribution < 1.29 is 17.7 Å². The van der Waals surface area contributed by atoms with Crippen LogP contribution in [0.1, 0.15) is 19.4 Å². The highest BCUT2D eigenvalue weighted by Gasteiger charge is 2.07. The topological polar surface area (TPSA) is 91.2 Å². The van der Waals surface area contributed by atoms with Crippen LogP contribution >= 0.6 is 0 Å². The lowest BCUT2D eigenvalue weighted by Crippen LogP contribution is -2.27. The molecule has 0 unspecified atom stereocenters. The highest BCUT2D eigenvalue weighted by Crippen LogP contribution is 2.14. The number of anilines is 1. The first-order chi connectivity index (χ1) is 12.9. The zero-order chi connectivity index (χ0) is 19.7. The van der Waals surface area contributed by atoms with Gasteiger partial charge < -0.3 is 9.64 Å². The molecule has 27 heavy (non-hydrogen) atoms. The first-order valence-corrected chi connectivity index (χ1v) is 10.2. The Morgan fingerprint density at radius 1 is 1.07 bits per heavy atom. The Labute approximate surface area is 160 Å². The fourth-order valence-corrected chi connectivity index (χ4v) is 2.85. The number of hydrazone groups is 1. The first-order valence-electron chi connectivity index (χ1n) is 8.74. The monoisotopic (exact) mass is 391 g/mol. The summed E-state index contributed by atoms with van der Waals surface area (Å²) in [5.74, 6) is 0.813. The predicted molar refractivity (Wildman–Crippen MR) is 107 cm³/mol. The minimum Gasteiger partial charge on any atom is -0.492 e. The summed E-state index contributed by atoms with van der Waals surface area (Å²) in [5, 5.41) is 4.11. The molecule has 7 nitrogen and oxygen atoms in total. The van der Waals surface area contributed by atoms with Gasteiger partial charge in [-0.1, -0.05) is 13.8 Å². The third kappa shape index (κ3) is 7.01. The van der Waals surface area contributed by atoms with Crippen LogP contribution in [0.25, 0.3) is 0 Å². The summed E-state index contributed by atoms with van der Waals surface area (Å²) in [6.45, 7) is 7.84. The molecule has 0 amide bonds. The van der Waals surface area contributed by atoms with Gasteiger partial charge in [-0.3, -0.25) is 9.98 Å². The molecule has 0 saturated carbocycles. The first kappa shape index (κ1) is 20.9. The highest BCUT2D eigenvalue weighted by atomic mass is 32.2. The number of nitrogens with zero attached hydrogens (tertiary/aromatic N) is 2. The molecule has 2 N–H and O–H groups in total. The molecule has 0 aromatic heterocycles. The SMILES string of the molecule is CCN(CC)CCOc1ccc(/C=N/Nc2ccc(S(=O)(=O)O)cc2)cc1. The lowest BCUT2D eigenvalue weighted by Gasteiger charge is -2.17. The van der Waals surface area contributed by atoms with E-state index in [0.29, 0.717) is 12.3 Å². The van der Waals surface area contributed by atoms with E-state index in [1.807, 2.05) is 24.3 Å². The Kier molecular flexibility index (Phi) is 7.78. The summed E-state index contributed by atoms with van der Waals surface area (Å²) in [4.78, 5) is 2.14. The van der Waals surface area contributed by atoms with Gasteiger partial charge in [-0.05, 0) is 67.2 Å². The van der Waals surface area contributed by atoms with E-state index >= 15 is 0 Å². The van der Waals surface area contributed by atoms with Crippen LogP contribution in [-0.4, -0.2) is 50.3 Å². The average molecular weight is 391 g/mol. The molecule has 146 valence electrons. The standard InChI is InChI=1S/C19H25N3O4S/c1-3-22(4-2)13-14-26-18-9-5-16(6-10-18)15-20-21-17-7-11-19(12-8-17)27(23,24)25/h5-12,15,21H,3-4,13-14H2,1-2H3,(H,23,24,25)/b20-15+. The lowest BCUT2D eigenvalue weighted by atomic mass is 10.2. The van der Waals surface area contributed by atoms with Crippen molar-refractivity contribution in [1.82, 2.24) is 4.90 Å². The van der Waals surface area contributed by atoms with Crippen molar-refractivity contribution in [3.05, 3.63) is 54.1 Å². The van der Waals surface area contributed by atoms with Crippen molar-refractivity contribution in [3.63, 3.8) is 0 Å². The van der Waals surface area contributed by atoms with Crippen molar-refractivity contribution in [2.24, 2.45) is 5.10 Å². The maximum Gasteiger partial charge on any atom is 0.294 e. The van der Waals surface area contributed by atoms with Crippen molar-refractivity contribution in [2.45, 2.75) is 18.7 Å². The number of likely N-dealkylation sites (N-methyl/N-ethyl adjacent to an activating group) is 1. The number of benzene rings is 2. The third-order valence-electron chi connectivity index (χ3n) is 4.01. The van der Waals surface area contributed by atoms with Gasteiger partial charge in [0, 0.05) is 6.54 Å². The molecular formula is C19H25N3O4S. The number of nitrogens with one attached hydrogen (secondary N) is 1. The summed E-state index contributed by atoms with van der Waals surface area (Å²) in [7, 11) is -4.18. The van der Waals surface area contributed by atoms with Gasteiger partial charge in [0.1, 0.15) is 12.4 Å². The number of ether oxygens (including phenoxy) is 1. The lowest BCUT2D eigenvalue weighted by molar-refractivity contribution is 0.223. The third-order valence-corrected chi connectivity index (χ3v) is 4.88. The van der Waals surface area contributed by atoms with Crippen molar-refractivity contribution in [2.75, 3.05) is 31.7 Å². The molecule has 0 aliphatic rings. The second kappa shape index (κ2) is 10.1. The normalized spacial score (nSPS) is 11.9. The minimum absolute atomic E-state index is 0.159. The molecule has 0 radical (unpaired) electrons. The van der Waals surface area contributed by atoms with Gasteiger partial charge in [-0.2, -0.15) is 13.5 Å². The van der Waals surface area contributed by atoms with Crippen LogP contribution in [0.15, 0.2) is 58.5 Å². The van der Waals surface area contributed by atoms with Gasteiger partial charge in [-0.15, -0.1) is 0 Å². The molecule has 0 saturated heterocycles. The van der Waals surface area contributed by atoms with E-state index in [1.165, 1.54) is 24.3 Å². The molecule has 0 atom stereocenters.